The minimum Gasteiger partial charge on any atom is -0.504 e. The highest BCUT2D eigenvalue weighted by molar-refractivity contribution is 5.65. The van der Waals surface area contributed by atoms with E-state index in [9.17, 15) is 5.11 Å². The molecular formula is C15H20O4. The summed E-state index contributed by atoms with van der Waals surface area (Å²) in [4.78, 5) is 0. The Morgan fingerprint density at radius 1 is 1.05 bits per heavy atom. The van der Waals surface area contributed by atoms with Crippen molar-refractivity contribution in [3.8, 4) is 17.2 Å². The molecule has 2 N–H and O–H groups in total. The molecule has 0 aromatic heterocycles. The van der Waals surface area contributed by atoms with E-state index in [1.54, 1.807) is 0 Å². The molecule has 2 heterocycles. The Hall–Kier alpha value is -1.42. The zero-order chi connectivity index (χ0) is 13.6. The molecule has 2 atom stereocenters. The van der Waals surface area contributed by atoms with Gasteiger partial charge in [0.2, 0.25) is 0 Å². The summed E-state index contributed by atoms with van der Waals surface area (Å²) in [5.74, 6) is 1.72. The normalized spacial score (nSPS) is 23.7. The summed E-state index contributed by atoms with van der Waals surface area (Å²) in [6.07, 6.45) is 3.18. The van der Waals surface area contributed by atoms with Gasteiger partial charge in [-0.3, -0.25) is 0 Å². The van der Waals surface area contributed by atoms with Crippen LogP contribution in [0.4, 0.5) is 0 Å². The molecule has 0 radical (unpaired) electrons. The first-order chi connectivity index (χ1) is 9.11. The summed E-state index contributed by atoms with van der Waals surface area (Å²) in [7, 11) is 0. The van der Waals surface area contributed by atoms with Crippen LogP contribution in [0.3, 0.4) is 0 Å². The molecule has 0 saturated carbocycles. The van der Waals surface area contributed by atoms with E-state index in [1.807, 2.05) is 13.8 Å². The summed E-state index contributed by atoms with van der Waals surface area (Å²) in [6, 6.07) is 0. The van der Waals surface area contributed by atoms with Gasteiger partial charge in [-0.1, -0.05) is 0 Å². The number of aromatic hydroxyl groups is 1. The smallest absolute Gasteiger partial charge is 0.165 e. The average molecular weight is 264 g/mol. The number of ether oxygens (including phenoxy) is 2. The summed E-state index contributed by atoms with van der Waals surface area (Å²) >= 11 is 0. The number of phenolic OH excluding ortho intramolecular Hbond substituents is 1. The quantitative estimate of drug-likeness (QED) is 0.876. The van der Waals surface area contributed by atoms with E-state index in [0.717, 1.165) is 41.7 Å². The molecule has 0 spiro atoms. The number of hydrogen-bond donors (Lipinski definition) is 2. The summed E-state index contributed by atoms with van der Waals surface area (Å²) in [6.45, 7) is 4.17. The number of phenols is 1. The van der Waals surface area contributed by atoms with Crippen LogP contribution in [-0.4, -0.2) is 29.0 Å². The molecule has 1 aromatic rings. The van der Waals surface area contributed by atoms with Gasteiger partial charge < -0.3 is 19.7 Å². The van der Waals surface area contributed by atoms with Gasteiger partial charge in [-0.2, -0.15) is 0 Å². The van der Waals surface area contributed by atoms with Gasteiger partial charge in [-0.15, -0.1) is 0 Å². The number of aliphatic hydroxyl groups excluding tert-OH is 1. The molecule has 0 bridgehead atoms. The molecule has 0 aliphatic carbocycles. The summed E-state index contributed by atoms with van der Waals surface area (Å²) in [5.41, 5.74) is 3.05. The lowest BCUT2D eigenvalue weighted by molar-refractivity contribution is 0.244. The van der Waals surface area contributed by atoms with Crippen LogP contribution in [0.2, 0.25) is 0 Å². The van der Waals surface area contributed by atoms with Crippen molar-refractivity contribution in [1.82, 2.24) is 0 Å². The van der Waals surface area contributed by atoms with E-state index in [0.29, 0.717) is 12.2 Å². The maximum Gasteiger partial charge on any atom is 0.165 e. The van der Waals surface area contributed by atoms with Crippen LogP contribution in [0.25, 0.3) is 0 Å². The van der Waals surface area contributed by atoms with Crippen LogP contribution in [0.15, 0.2) is 0 Å². The first-order valence-electron chi connectivity index (χ1n) is 6.95. The van der Waals surface area contributed by atoms with Crippen molar-refractivity contribution in [3.05, 3.63) is 16.7 Å². The Bertz CT molecular complexity index is 470. The van der Waals surface area contributed by atoms with Crippen molar-refractivity contribution in [2.45, 2.75) is 51.7 Å². The van der Waals surface area contributed by atoms with Gasteiger partial charge in [0.15, 0.2) is 11.5 Å². The molecule has 0 fully saturated rings. The lowest BCUT2D eigenvalue weighted by Crippen LogP contribution is -2.08. The molecule has 1 aromatic carbocycles. The molecule has 3 rings (SSSR count). The number of fused-ring (bicyclic) bond motifs is 2. The number of hydrogen-bond acceptors (Lipinski definition) is 4. The van der Waals surface area contributed by atoms with E-state index in [-0.39, 0.29) is 24.6 Å². The number of aliphatic hydroxyl groups is 1. The topological polar surface area (TPSA) is 58.9 Å². The monoisotopic (exact) mass is 264 g/mol. The van der Waals surface area contributed by atoms with Crippen LogP contribution < -0.4 is 9.47 Å². The highest BCUT2D eigenvalue weighted by Gasteiger charge is 2.35. The second-order valence-corrected chi connectivity index (χ2v) is 5.53. The molecule has 104 valence electrons. The standard InChI is InChI=1S/C15H20O4/c1-8-6-11-10(4-3-5-16)14-12(7-9(2)18-14)13(17)15(11)19-8/h8-9,16-17H,3-7H2,1-2H3. The fraction of sp³-hybridized carbons (Fsp3) is 0.600. The molecule has 2 unspecified atom stereocenters. The lowest BCUT2D eigenvalue weighted by Gasteiger charge is -2.14. The van der Waals surface area contributed by atoms with E-state index in [2.05, 4.69) is 0 Å². The van der Waals surface area contributed by atoms with E-state index in [4.69, 9.17) is 14.6 Å². The van der Waals surface area contributed by atoms with E-state index in [1.165, 1.54) is 0 Å². The second-order valence-electron chi connectivity index (χ2n) is 5.53. The van der Waals surface area contributed by atoms with Crippen molar-refractivity contribution in [1.29, 1.82) is 0 Å². The maximum absolute atomic E-state index is 10.4. The molecule has 4 nitrogen and oxygen atoms in total. The Balaban J connectivity index is 2.12. The highest BCUT2D eigenvalue weighted by atomic mass is 16.5. The third kappa shape index (κ3) is 1.94. The molecule has 2 aliphatic rings. The Morgan fingerprint density at radius 2 is 1.68 bits per heavy atom. The highest BCUT2D eigenvalue weighted by Crippen LogP contribution is 2.50. The third-order valence-electron chi connectivity index (χ3n) is 3.89. The van der Waals surface area contributed by atoms with Gasteiger partial charge >= 0.3 is 0 Å². The third-order valence-corrected chi connectivity index (χ3v) is 3.89. The van der Waals surface area contributed by atoms with Crippen LogP contribution >= 0.6 is 0 Å². The molecule has 4 heteroatoms. The van der Waals surface area contributed by atoms with Gasteiger partial charge in [0.1, 0.15) is 18.0 Å². The molecule has 0 saturated heterocycles. The summed E-state index contributed by atoms with van der Waals surface area (Å²) in [5, 5.41) is 19.4. The van der Waals surface area contributed by atoms with Gasteiger partial charge in [0.05, 0.1) is 0 Å². The van der Waals surface area contributed by atoms with E-state index < -0.39 is 0 Å². The predicted octanol–water partition coefficient (Wildman–Crippen LogP) is 1.96. The fourth-order valence-electron chi connectivity index (χ4n) is 3.10. The second kappa shape index (κ2) is 4.60. The van der Waals surface area contributed by atoms with Crippen molar-refractivity contribution in [2.75, 3.05) is 6.61 Å². The number of benzene rings is 1. The average Bonchev–Trinajstić information content (AvgIpc) is 2.93. The maximum atomic E-state index is 10.4. The first-order valence-corrected chi connectivity index (χ1v) is 6.95. The Kier molecular flexibility index (Phi) is 3.05. The van der Waals surface area contributed by atoms with Crippen LogP contribution in [-0.2, 0) is 19.3 Å². The zero-order valence-corrected chi connectivity index (χ0v) is 11.4. The van der Waals surface area contributed by atoms with Crippen LogP contribution in [0.1, 0.15) is 37.0 Å². The molecule has 0 amide bonds. The van der Waals surface area contributed by atoms with Crippen molar-refractivity contribution < 1.29 is 19.7 Å². The minimum absolute atomic E-state index is 0.0914. The largest absolute Gasteiger partial charge is 0.504 e. The van der Waals surface area contributed by atoms with Crippen molar-refractivity contribution in [2.24, 2.45) is 0 Å². The van der Waals surface area contributed by atoms with E-state index >= 15 is 0 Å². The SMILES string of the molecule is CC1Cc2c(CCCO)c3c(c(O)c2O1)CC(C)O3. The first kappa shape index (κ1) is 12.6. The lowest BCUT2D eigenvalue weighted by atomic mass is 9.94. The summed E-state index contributed by atoms with van der Waals surface area (Å²) < 4.78 is 11.6. The Labute approximate surface area is 113 Å². The van der Waals surface area contributed by atoms with Crippen molar-refractivity contribution in [3.63, 3.8) is 0 Å². The number of rotatable bonds is 3. The minimum atomic E-state index is 0.0914. The van der Waals surface area contributed by atoms with Gasteiger partial charge in [0.25, 0.3) is 0 Å². The Morgan fingerprint density at radius 3 is 2.37 bits per heavy atom. The van der Waals surface area contributed by atoms with Gasteiger partial charge in [-0.05, 0) is 26.7 Å². The predicted molar refractivity (Wildman–Crippen MR) is 71.1 cm³/mol. The van der Waals surface area contributed by atoms with Gasteiger partial charge in [-0.25, -0.2) is 0 Å². The van der Waals surface area contributed by atoms with Crippen LogP contribution in [0.5, 0.6) is 17.2 Å². The molecule has 19 heavy (non-hydrogen) atoms. The fourth-order valence-corrected chi connectivity index (χ4v) is 3.10. The van der Waals surface area contributed by atoms with Crippen LogP contribution in [0, 0.1) is 0 Å². The molecular weight excluding hydrogens is 244 g/mol. The molecule has 2 aliphatic heterocycles. The van der Waals surface area contributed by atoms with Gasteiger partial charge in [0, 0.05) is 36.1 Å². The van der Waals surface area contributed by atoms with Crippen molar-refractivity contribution >= 4 is 0 Å². The zero-order valence-electron chi connectivity index (χ0n) is 11.4.